The molecule has 3 N–H and O–H groups in total. The monoisotopic (exact) mass is 156 g/mol. The maximum absolute atomic E-state index is 11.1. The number of hydrogen-bond donors (Lipinski definition) is 2. The minimum Gasteiger partial charge on any atom is -0.354 e. The molecule has 0 bridgehead atoms. The Kier molecular flexibility index (Phi) is 2.18. The molecule has 0 heterocycles. The van der Waals surface area contributed by atoms with Crippen molar-refractivity contribution < 1.29 is 4.79 Å². The molecule has 0 unspecified atom stereocenters. The third-order valence-corrected chi connectivity index (χ3v) is 1.85. The first-order chi connectivity index (χ1) is 5.02. The van der Waals surface area contributed by atoms with E-state index in [1.807, 2.05) is 13.8 Å². The molecule has 1 rings (SSSR count). The molecule has 0 aliphatic heterocycles. The Bertz CT molecular complexity index is 161. The van der Waals surface area contributed by atoms with Gasteiger partial charge in [-0.2, -0.15) is 0 Å². The van der Waals surface area contributed by atoms with Crippen molar-refractivity contribution in [2.75, 3.05) is 0 Å². The summed E-state index contributed by atoms with van der Waals surface area (Å²) >= 11 is 0. The summed E-state index contributed by atoms with van der Waals surface area (Å²) in [5.41, 5.74) is 5.61. The lowest BCUT2D eigenvalue weighted by Gasteiger charge is -2.11. The molecule has 3 heteroatoms. The zero-order chi connectivity index (χ0) is 8.48. The summed E-state index contributed by atoms with van der Waals surface area (Å²) in [7, 11) is 0. The van der Waals surface area contributed by atoms with E-state index in [1.54, 1.807) is 0 Å². The highest BCUT2D eigenvalue weighted by Crippen LogP contribution is 2.35. The number of nitrogens with one attached hydrogen (secondary N) is 1. The largest absolute Gasteiger partial charge is 0.354 e. The van der Waals surface area contributed by atoms with Gasteiger partial charge in [-0.25, -0.2) is 0 Å². The fourth-order valence-corrected chi connectivity index (χ4v) is 1.03. The van der Waals surface area contributed by atoms with E-state index in [-0.39, 0.29) is 17.5 Å². The fourth-order valence-electron chi connectivity index (χ4n) is 1.03. The van der Waals surface area contributed by atoms with Gasteiger partial charge in [0, 0.05) is 18.0 Å². The summed E-state index contributed by atoms with van der Waals surface area (Å²) in [6.45, 7) is 3.90. The minimum atomic E-state index is -0.154. The van der Waals surface area contributed by atoms with Crippen LogP contribution in [-0.4, -0.2) is 17.5 Å². The predicted octanol–water partition coefficient (Wildman–Crippen LogP) is 0.392. The molecule has 0 aromatic heterocycles. The summed E-state index contributed by atoms with van der Waals surface area (Å²) in [5, 5.41) is 2.82. The average Bonchev–Trinajstić information content (AvgIpc) is 2.44. The van der Waals surface area contributed by atoms with Crippen LogP contribution in [0.25, 0.3) is 0 Å². The third kappa shape index (κ3) is 2.89. The van der Waals surface area contributed by atoms with E-state index in [2.05, 4.69) is 5.32 Å². The Morgan fingerprint density at radius 1 is 1.64 bits per heavy atom. The second-order valence-corrected chi connectivity index (χ2v) is 3.76. The smallest absolute Gasteiger partial charge is 0.222 e. The lowest BCUT2D eigenvalue weighted by atomic mass is 10.2. The summed E-state index contributed by atoms with van der Waals surface area (Å²) < 4.78 is 0. The van der Waals surface area contributed by atoms with Crippen LogP contribution in [0.2, 0.25) is 0 Å². The van der Waals surface area contributed by atoms with Gasteiger partial charge in [-0.3, -0.25) is 4.79 Å². The Morgan fingerprint density at radius 2 is 2.18 bits per heavy atom. The first-order valence-corrected chi connectivity index (χ1v) is 4.10. The first kappa shape index (κ1) is 8.53. The number of carbonyl (C=O) groups excluding carboxylic acids is 1. The molecule has 1 fully saturated rings. The second-order valence-electron chi connectivity index (χ2n) is 3.76. The van der Waals surface area contributed by atoms with Gasteiger partial charge >= 0.3 is 0 Å². The first-order valence-electron chi connectivity index (χ1n) is 4.10. The van der Waals surface area contributed by atoms with E-state index in [0.29, 0.717) is 6.42 Å². The van der Waals surface area contributed by atoms with Crippen LogP contribution in [-0.2, 0) is 4.79 Å². The van der Waals surface area contributed by atoms with Gasteiger partial charge in [-0.1, -0.05) is 0 Å². The van der Waals surface area contributed by atoms with Crippen LogP contribution in [0, 0.1) is 0 Å². The van der Waals surface area contributed by atoms with Crippen LogP contribution >= 0.6 is 0 Å². The van der Waals surface area contributed by atoms with Crippen molar-refractivity contribution in [2.24, 2.45) is 5.73 Å². The number of hydrogen-bond acceptors (Lipinski definition) is 2. The van der Waals surface area contributed by atoms with Crippen LogP contribution in [0.1, 0.15) is 33.1 Å². The molecule has 1 aliphatic carbocycles. The van der Waals surface area contributed by atoms with Crippen LogP contribution in [0.3, 0.4) is 0 Å². The number of amides is 1. The molecule has 0 atom stereocenters. The average molecular weight is 156 g/mol. The zero-order valence-corrected chi connectivity index (χ0v) is 7.18. The molecular weight excluding hydrogens is 140 g/mol. The van der Waals surface area contributed by atoms with E-state index in [1.165, 1.54) is 0 Å². The molecule has 0 spiro atoms. The van der Waals surface area contributed by atoms with Gasteiger partial charge < -0.3 is 11.1 Å². The van der Waals surface area contributed by atoms with Crippen molar-refractivity contribution in [1.82, 2.24) is 5.32 Å². The number of rotatable bonds is 3. The Labute approximate surface area is 67.3 Å². The molecule has 0 aromatic carbocycles. The van der Waals surface area contributed by atoms with E-state index in [9.17, 15) is 4.79 Å². The van der Waals surface area contributed by atoms with Crippen molar-refractivity contribution >= 4 is 5.91 Å². The predicted molar refractivity (Wildman–Crippen MR) is 44.0 cm³/mol. The maximum Gasteiger partial charge on any atom is 0.222 e. The molecule has 64 valence electrons. The highest BCUT2D eigenvalue weighted by atomic mass is 16.1. The summed E-state index contributed by atoms with van der Waals surface area (Å²) in [4.78, 5) is 11.1. The second kappa shape index (κ2) is 2.81. The fraction of sp³-hybridized carbons (Fsp3) is 0.875. The number of nitrogens with two attached hydrogens (primary N) is 1. The van der Waals surface area contributed by atoms with Gasteiger partial charge in [0.15, 0.2) is 0 Å². The zero-order valence-electron chi connectivity index (χ0n) is 7.18. The van der Waals surface area contributed by atoms with Crippen molar-refractivity contribution in [2.45, 2.75) is 44.7 Å². The topological polar surface area (TPSA) is 55.1 Å². The summed E-state index contributed by atoms with van der Waals surface area (Å²) in [5.74, 6) is 0.0833. The Morgan fingerprint density at radius 3 is 2.55 bits per heavy atom. The lowest BCUT2D eigenvalue weighted by Crippen LogP contribution is -2.36. The summed E-state index contributed by atoms with van der Waals surface area (Å²) in [6.07, 6.45) is 2.49. The molecule has 11 heavy (non-hydrogen) atoms. The Balaban J connectivity index is 2.21. The van der Waals surface area contributed by atoms with Gasteiger partial charge in [0.25, 0.3) is 0 Å². The van der Waals surface area contributed by atoms with Crippen molar-refractivity contribution in [3.05, 3.63) is 0 Å². The van der Waals surface area contributed by atoms with E-state index >= 15 is 0 Å². The van der Waals surface area contributed by atoms with Crippen LogP contribution in [0.15, 0.2) is 0 Å². The molecule has 1 saturated carbocycles. The highest BCUT2D eigenvalue weighted by molar-refractivity contribution is 5.77. The molecular formula is C8H16N2O. The Hall–Kier alpha value is -0.570. The van der Waals surface area contributed by atoms with Crippen molar-refractivity contribution in [3.8, 4) is 0 Å². The minimum absolute atomic E-state index is 0.0833. The highest BCUT2D eigenvalue weighted by Gasteiger charge is 2.39. The van der Waals surface area contributed by atoms with E-state index in [4.69, 9.17) is 5.73 Å². The van der Waals surface area contributed by atoms with Gasteiger partial charge in [-0.05, 0) is 26.7 Å². The van der Waals surface area contributed by atoms with Gasteiger partial charge in [-0.15, -0.1) is 0 Å². The SMILES string of the molecule is CC(C)NC(=O)CC1(N)CC1. The number of carbonyl (C=O) groups is 1. The van der Waals surface area contributed by atoms with E-state index in [0.717, 1.165) is 12.8 Å². The molecule has 3 nitrogen and oxygen atoms in total. The lowest BCUT2D eigenvalue weighted by molar-refractivity contribution is -0.122. The van der Waals surface area contributed by atoms with Crippen molar-refractivity contribution in [1.29, 1.82) is 0 Å². The summed E-state index contributed by atoms with van der Waals surface area (Å²) in [6, 6.07) is 0.227. The van der Waals surface area contributed by atoms with Gasteiger partial charge in [0.1, 0.15) is 0 Å². The molecule has 0 radical (unpaired) electrons. The van der Waals surface area contributed by atoms with Gasteiger partial charge in [0.2, 0.25) is 5.91 Å². The normalized spacial score (nSPS) is 20.0. The standard InChI is InChI=1S/C8H16N2O/c1-6(2)10-7(11)5-8(9)3-4-8/h6H,3-5,9H2,1-2H3,(H,10,11). The van der Waals surface area contributed by atoms with Gasteiger partial charge in [0.05, 0.1) is 0 Å². The molecule has 0 saturated heterocycles. The maximum atomic E-state index is 11.1. The van der Waals surface area contributed by atoms with Crippen LogP contribution in [0.4, 0.5) is 0 Å². The molecule has 1 amide bonds. The quantitative estimate of drug-likeness (QED) is 0.621. The molecule has 0 aromatic rings. The molecule has 1 aliphatic rings. The van der Waals surface area contributed by atoms with E-state index < -0.39 is 0 Å². The third-order valence-electron chi connectivity index (χ3n) is 1.85. The van der Waals surface area contributed by atoms with Crippen molar-refractivity contribution in [3.63, 3.8) is 0 Å². The van der Waals surface area contributed by atoms with Crippen LogP contribution < -0.4 is 11.1 Å². The van der Waals surface area contributed by atoms with Crippen LogP contribution in [0.5, 0.6) is 0 Å².